The van der Waals surface area contributed by atoms with Gasteiger partial charge < -0.3 is 21.4 Å². The largest absolute Gasteiger partial charge is 0.396 e. The van der Waals surface area contributed by atoms with Gasteiger partial charge in [-0.05, 0) is 24.3 Å². The molecule has 3 rings (SSSR count). The second kappa shape index (κ2) is 8.44. The highest BCUT2D eigenvalue weighted by molar-refractivity contribution is 7.94. The van der Waals surface area contributed by atoms with Crippen molar-refractivity contribution in [3.05, 3.63) is 70.4 Å². The Kier molecular flexibility index (Phi) is 5.96. The van der Waals surface area contributed by atoms with Crippen molar-refractivity contribution in [2.75, 3.05) is 11.5 Å². The number of anilines is 2. The Morgan fingerprint density at radius 1 is 1.03 bits per heavy atom. The number of halogens is 4. The standard InChI is InChI=1S/C20H12F4N4OS/c21-13-3-4-14(22)19(30-29)16(13)12-6-15(23)11(17(24)18(12)26)2-1-9-5-10(7-25)20(27)28-8-9/h3-8,25,29H,26H2,(H2,27,28). The van der Waals surface area contributed by atoms with Crippen LogP contribution < -0.4 is 11.5 Å². The minimum absolute atomic E-state index is 0.0937. The number of rotatable bonds is 3. The van der Waals surface area contributed by atoms with E-state index in [2.05, 4.69) is 16.8 Å². The van der Waals surface area contributed by atoms with E-state index in [9.17, 15) is 22.1 Å². The van der Waals surface area contributed by atoms with E-state index in [4.69, 9.17) is 16.9 Å². The molecule has 0 amide bonds. The van der Waals surface area contributed by atoms with Gasteiger partial charge in [0, 0.05) is 46.7 Å². The van der Waals surface area contributed by atoms with E-state index >= 15 is 0 Å². The summed E-state index contributed by atoms with van der Waals surface area (Å²) in [6.07, 6.45) is 2.21. The van der Waals surface area contributed by atoms with Gasteiger partial charge in [-0.2, -0.15) is 0 Å². The molecule has 3 aromatic rings. The van der Waals surface area contributed by atoms with E-state index in [1.165, 1.54) is 12.3 Å². The Morgan fingerprint density at radius 3 is 2.40 bits per heavy atom. The molecule has 0 radical (unpaired) electrons. The first kappa shape index (κ1) is 21.2. The molecule has 152 valence electrons. The van der Waals surface area contributed by atoms with Crippen LogP contribution in [0.4, 0.5) is 29.1 Å². The van der Waals surface area contributed by atoms with Gasteiger partial charge in [-0.1, -0.05) is 11.8 Å². The molecule has 2 aromatic carbocycles. The van der Waals surface area contributed by atoms with Gasteiger partial charge in [0.2, 0.25) is 0 Å². The Morgan fingerprint density at radius 2 is 1.73 bits per heavy atom. The zero-order valence-electron chi connectivity index (χ0n) is 14.9. The molecule has 5 nitrogen and oxygen atoms in total. The predicted molar refractivity (Wildman–Crippen MR) is 107 cm³/mol. The lowest BCUT2D eigenvalue weighted by atomic mass is 9.99. The lowest BCUT2D eigenvalue weighted by Gasteiger charge is -2.13. The first-order valence-electron chi connectivity index (χ1n) is 8.13. The van der Waals surface area contributed by atoms with Crippen LogP contribution in [-0.4, -0.2) is 15.8 Å². The summed E-state index contributed by atoms with van der Waals surface area (Å²) in [5.41, 5.74) is 9.38. The van der Waals surface area contributed by atoms with Crippen LogP contribution in [0.15, 0.2) is 35.4 Å². The van der Waals surface area contributed by atoms with Gasteiger partial charge in [0.25, 0.3) is 0 Å². The maximum absolute atomic E-state index is 14.8. The highest BCUT2D eigenvalue weighted by Crippen LogP contribution is 2.39. The zero-order chi connectivity index (χ0) is 22.0. The number of nitrogen functional groups attached to an aromatic ring is 2. The first-order valence-corrected chi connectivity index (χ1v) is 8.91. The Bertz CT molecular complexity index is 1240. The van der Waals surface area contributed by atoms with Crippen molar-refractivity contribution in [2.24, 2.45) is 0 Å². The van der Waals surface area contributed by atoms with Gasteiger partial charge in [0.15, 0.2) is 5.82 Å². The summed E-state index contributed by atoms with van der Waals surface area (Å²) in [7, 11) is 0. The summed E-state index contributed by atoms with van der Waals surface area (Å²) in [6.45, 7) is 0. The molecule has 0 saturated heterocycles. The third-order valence-corrected chi connectivity index (χ3v) is 4.69. The minimum Gasteiger partial charge on any atom is -0.396 e. The molecule has 1 aromatic heterocycles. The molecule has 0 unspecified atom stereocenters. The Balaban J connectivity index is 2.15. The lowest BCUT2D eigenvalue weighted by molar-refractivity contribution is 0.569. The summed E-state index contributed by atoms with van der Waals surface area (Å²) >= 11 is -0.111. The summed E-state index contributed by atoms with van der Waals surface area (Å²) < 4.78 is 66.8. The number of hydrogen-bond donors (Lipinski definition) is 4. The molecule has 0 aliphatic heterocycles. The number of nitrogens with zero attached hydrogens (tertiary/aromatic N) is 1. The van der Waals surface area contributed by atoms with Crippen LogP contribution in [-0.2, 0) is 0 Å². The van der Waals surface area contributed by atoms with E-state index in [0.717, 1.165) is 18.3 Å². The number of nitrogens with one attached hydrogen (secondary N) is 1. The highest BCUT2D eigenvalue weighted by atomic mass is 32.2. The molecule has 6 N–H and O–H groups in total. The van der Waals surface area contributed by atoms with Gasteiger partial charge in [-0.15, -0.1) is 0 Å². The SMILES string of the molecule is N=Cc1cc(C#Cc2c(F)cc(-c3c(F)ccc(F)c3SO)c(N)c2F)cnc1N. The normalized spacial score (nSPS) is 10.4. The van der Waals surface area contributed by atoms with Crippen LogP contribution in [0.25, 0.3) is 11.1 Å². The molecule has 0 aliphatic carbocycles. The van der Waals surface area contributed by atoms with Gasteiger partial charge >= 0.3 is 0 Å². The molecule has 0 aliphatic rings. The van der Waals surface area contributed by atoms with Crippen molar-refractivity contribution in [3.63, 3.8) is 0 Å². The summed E-state index contributed by atoms with van der Waals surface area (Å²) in [5.74, 6) is 0.416. The van der Waals surface area contributed by atoms with Crippen molar-refractivity contribution in [3.8, 4) is 23.0 Å². The average Bonchev–Trinajstić information content (AvgIpc) is 2.73. The second-order valence-electron chi connectivity index (χ2n) is 5.93. The fourth-order valence-electron chi connectivity index (χ4n) is 2.64. The molecule has 1 heterocycles. The molecule has 10 heteroatoms. The third kappa shape index (κ3) is 3.80. The maximum atomic E-state index is 14.8. The quantitative estimate of drug-likeness (QED) is 0.161. The van der Waals surface area contributed by atoms with E-state index in [1.54, 1.807) is 0 Å². The molecule has 0 saturated carbocycles. The van der Waals surface area contributed by atoms with E-state index in [0.29, 0.717) is 6.07 Å². The van der Waals surface area contributed by atoms with Crippen molar-refractivity contribution in [2.45, 2.75) is 4.90 Å². The average molecular weight is 432 g/mol. The summed E-state index contributed by atoms with van der Waals surface area (Å²) in [6, 6.07) is 3.64. The minimum atomic E-state index is -1.27. The third-order valence-electron chi connectivity index (χ3n) is 4.11. The summed E-state index contributed by atoms with van der Waals surface area (Å²) in [4.78, 5) is 3.26. The van der Waals surface area contributed by atoms with Gasteiger partial charge in [-0.25, -0.2) is 22.5 Å². The lowest BCUT2D eigenvalue weighted by Crippen LogP contribution is -2.03. The monoisotopic (exact) mass is 432 g/mol. The first-order chi connectivity index (χ1) is 14.3. The summed E-state index contributed by atoms with van der Waals surface area (Å²) in [5, 5.41) is 7.24. The van der Waals surface area contributed by atoms with Crippen LogP contribution in [0.2, 0.25) is 0 Å². The molecular weight excluding hydrogens is 420 g/mol. The van der Waals surface area contributed by atoms with Crippen molar-refractivity contribution >= 4 is 29.8 Å². The van der Waals surface area contributed by atoms with Crippen molar-refractivity contribution in [1.29, 1.82) is 5.41 Å². The van der Waals surface area contributed by atoms with Crippen LogP contribution >= 0.6 is 12.0 Å². The van der Waals surface area contributed by atoms with E-state index in [1.807, 2.05) is 0 Å². The number of hydrogen-bond acceptors (Lipinski definition) is 6. The maximum Gasteiger partial charge on any atom is 0.165 e. The molecular formula is C20H12F4N4OS. The van der Waals surface area contributed by atoms with Crippen molar-refractivity contribution < 1.29 is 22.1 Å². The molecule has 0 atom stereocenters. The smallest absolute Gasteiger partial charge is 0.165 e. The molecule has 0 fully saturated rings. The fraction of sp³-hybridized carbons (Fsp3) is 0. The molecule has 30 heavy (non-hydrogen) atoms. The van der Waals surface area contributed by atoms with Crippen LogP contribution in [0.1, 0.15) is 16.7 Å². The van der Waals surface area contributed by atoms with E-state index in [-0.39, 0.29) is 29.0 Å². The molecule has 0 bridgehead atoms. The van der Waals surface area contributed by atoms with Crippen LogP contribution in [0.5, 0.6) is 0 Å². The zero-order valence-corrected chi connectivity index (χ0v) is 15.7. The Labute approximate surface area is 172 Å². The Hall–Kier alpha value is -3.55. The van der Waals surface area contributed by atoms with Crippen molar-refractivity contribution in [1.82, 2.24) is 4.98 Å². The number of benzene rings is 2. The van der Waals surface area contributed by atoms with Gasteiger partial charge in [0.1, 0.15) is 23.3 Å². The highest BCUT2D eigenvalue weighted by Gasteiger charge is 2.23. The van der Waals surface area contributed by atoms with Crippen LogP contribution in [0.3, 0.4) is 0 Å². The van der Waals surface area contributed by atoms with Crippen LogP contribution in [0, 0.1) is 40.5 Å². The van der Waals surface area contributed by atoms with E-state index < -0.39 is 50.5 Å². The topological polar surface area (TPSA) is 109 Å². The second-order valence-corrected chi connectivity index (χ2v) is 6.52. The number of aromatic nitrogens is 1. The van der Waals surface area contributed by atoms with Gasteiger partial charge in [-0.3, -0.25) is 0 Å². The number of pyridine rings is 1. The number of nitrogens with two attached hydrogens (primary N) is 2. The molecule has 0 spiro atoms. The van der Waals surface area contributed by atoms with Gasteiger partial charge in [0.05, 0.1) is 16.1 Å². The fourth-order valence-corrected chi connectivity index (χ4v) is 3.09. The predicted octanol–water partition coefficient (Wildman–Crippen LogP) is 4.43.